The molecule has 0 saturated carbocycles. The Kier molecular flexibility index (Phi) is 3.47. The Bertz CT molecular complexity index is 800. The highest BCUT2D eigenvalue weighted by Crippen LogP contribution is 2.40. The molecule has 0 spiro atoms. The normalized spacial score (nSPS) is 15.3. The molecular formula is C19H24N2O. The number of rotatable bonds is 2. The third-order valence-electron chi connectivity index (χ3n) is 4.68. The van der Waals surface area contributed by atoms with E-state index in [0.29, 0.717) is 0 Å². The molecule has 0 N–H and O–H groups in total. The topological polar surface area (TPSA) is 34.9 Å². The molecule has 1 aromatic heterocycles. The number of aryl methyl sites for hydroxylation is 2. The van der Waals surface area contributed by atoms with E-state index >= 15 is 0 Å². The summed E-state index contributed by atoms with van der Waals surface area (Å²) in [6.45, 7) is 8.54. The summed E-state index contributed by atoms with van der Waals surface area (Å²) >= 11 is 0. The molecule has 3 rings (SSSR count). The lowest BCUT2D eigenvalue weighted by molar-refractivity contribution is 0.497. The van der Waals surface area contributed by atoms with Gasteiger partial charge in [-0.15, -0.1) is 0 Å². The van der Waals surface area contributed by atoms with Crippen molar-refractivity contribution in [3.8, 4) is 11.3 Å². The highest BCUT2D eigenvalue weighted by molar-refractivity contribution is 5.71. The molecule has 22 heavy (non-hydrogen) atoms. The van der Waals surface area contributed by atoms with Crippen LogP contribution < -0.4 is 5.56 Å². The van der Waals surface area contributed by atoms with Crippen molar-refractivity contribution in [3.05, 3.63) is 51.1 Å². The summed E-state index contributed by atoms with van der Waals surface area (Å²) in [5, 5.41) is 0. The highest BCUT2D eigenvalue weighted by atomic mass is 16.1. The Morgan fingerprint density at radius 2 is 2.05 bits per heavy atom. The van der Waals surface area contributed by atoms with Gasteiger partial charge in [0.2, 0.25) is 0 Å². The van der Waals surface area contributed by atoms with Gasteiger partial charge >= 0.3 is 0 Å². The number of aromatic nitrogens is 2. The van der Waals surface area contributed by atoms with Gasteiger partial charge in [-0.05, 0) is 25.3 Å². The van der Waals surface area contributed by atoms with Crippen LogP contribution in [0.3, 0.4) is 0 Å². The molecule has 0 atom stereocenters. The molecule has 3 nitrogen and oxygen atoms in total. The first-order valence-corrected chi connectivity index (χ1v) is 8.05. The van der Waals surface area contributed by atoms with E-state index in [4.69, 9.17) is 4.98 Å². The highest BCUT2D eigenvalue weighted by Gasteiger charge is 2.35. The van der Waals surface area contributed by atoms with Gasteiger partial charge in [0.15, 0.2) is 0 Å². The molecule has 1 aromatic carbocycles. The summed E-state index contributed by atoms with van der Waals surface area (Å²) in [5.74, 6) is 0.885. The Morgan fingerprint density at radius 3 is 2.73 bits per heavy atom. The fraction of sp³-hybridized carbons (Fsp3) is 0.474. The molecule has 116 valence electrons. The van der Waals surface area contributed by atoms with Gasteiger partial charge in [0.05, 0.1) is 5.69 Å². The SMILES string of the molecule is CCCc1nc2c(c(=O)n1C)C(C)(C)Cc1cc(C)ccc1-2. The van der Waals surface area contributed by atoms with Crippen molar-refractivity contribution in [3.63, 3.8) is 0 Å². The van der Waals surface area contributed by atoms with E-state index in [9.17, 15) is 4.79 Å². The Morgan fingerprint density at radius 1 is 1.32 bits per heavy atom. The maximum absolute atomic E-state index is 12.9. The van der Waals surface area contributed by atoms with Crippen LogP contribution in [0, 0.1) is 6.92 Å². The molecule has 1 aliphatic carbocycles. The molecule has 0 fully saturated rings. The average molecular weight is 296 g/mol. The molecule has 0 unspecified atom stereocenters. The molecular weight excluding hydrogens is 272 g/mol. The Balaban J connectivity index is 2.37. The van der Waals surface area contributed by atoms with Crippen molar-refractivity contribution in [2.24, 2.45) is 7.05 Å². The zero-order chi connectivity index (χ0) is 16.1. The van der Waals surface area contributed by atoms with E-state index in [-0.39, 0.29) is 11.0 Å². The molecule has 0 aliphatic heterocycles. The average Bonchev–Trinajstić information content (AvgIpc) is 2.42. The molecule has 0 saturated heterocycles. The minimum absolute atomic E-state index is 0.115. The van der Waals surface area contributed by atoms with Crippen molar-refractivity contribution in [2.75, 3.05) is 0 Å². The molecule has 0 amide bonds. The van der Waals surface area contributed by atoms with E-state index in [0.717, 1.165) is 41.9 Å². The second-order valence-electron chi connectivity index (χ2n) is 7.09. The van der Waals surface area contributed by atoms with Crippen LogP contribution in [0.2, 0.25) is 0 Å². The van der Waals surface area contributed by atoms with E-state index in [1.54, 1.807) is 4.57 Å². The first-order valence-electron chi connectivity index (χ1n) is 8.05. The van der Waals surface area contributed by atoms with Crippen LogP contribution >= 0.6 is 0 Å². The minimum atomic E-state index is -0.178. The van der Waals surface area contributed by atoms with E-state index in [1.165, 1.54) is 11.1 Å². The van der Waals surface area contributed by atoms with Crippen LogP contribution in [0.1, 0.15) is 49.7 Å². The van der Waals surface area contributed by atoms with Crippen molar-refractivity contribution in [1.29, 1.82) is 0 Å². The number of hydrogen-bond acceptors (Lipinski definition) is 2. The predicted molar refractivity (Wildman–Crippen MR) is 90.4 cm³/mol. The third kappa shape index (κ3) is 2.20. The Labute approximate surface area is 132 Å². The first-order chi connectivity index (χ1) is 10.3. The van der Waals surface area contributed by atoms with Crippen molar-refractivity contribution >= 4 is 0 Å². The fourth-order valence-electron chi connectivity index (χ4n) is 3.56. The second kappa shape index (κ2) is 5.08. The van der Waals surface area contributed by atoms with Gasteiger partial charge in [-0.2, -0.15) is 0 Å². The molecule has 0 bridgehead atoms. The van der Waals surface area contributed by atoms with E-state index in [2.05, 4.69) is 45.9 Å². The van der Waals surface area contributed by atoms with Gasteiger partial charge < -0.3 is 0 Å². The summed E-state index contributed by atoms with van der Waals surface area (Å²) in [6, 6.07) is 6.47. The summed E-state index contributed by atoms with van der Waals surface area (Å²) < 4.78 is 1.74. The molecule has 1 aliphatic rings. The lowest BCUT2D eigenvalue weighted by Gasteiger charge is -2.33. The summed E-state index contributed by atoms with van der Waals surface area (Å²) in [5.41, 5.74) is 5.41. The quantitative estimate of drug-likeness (QED) is 0.849. The van der Waals surface area contributed by atoms with Crippen molar-refractivity contribution in [2.45, 2.75) is 52.4 Å². The third-order valence-corrected chi connectivity index (χ3v) is 4.68. The van der Waals surface area contributed by atoms with Gasteiger partial charge in [0, 0.05) is 30.0 Å². The maximum Gasteiger partial charge on any atom is 0.257 e. The maximum atomic E-state index is 12.9. The zero-order valence-corrected chi connectivity index (χ0v) is 14.2. The summed E-state index contributed by atoms with van der Waals surface area (Å²) in [4.78, 5) is 17.8. The van der Waals surface area contributed by atoms with Crippen LogP contribution in [0.5, 0.6) is 0 Å². The number of hydrogen-bond donors (Lipinski definition) is 0. The van der Waals surface area contributed by atoms with Gasteiger partial charge in [-0.25, -0.2) is 4.98 Å². The monoisotopic (exact) mass is 296 g/mol. The number of benzene rings is 1. The smallest absolute Gasteiger partial charge is 0.257 e. The zero-order valence-electron chi connectivity index (χ0n) is 14.2. The number of nitrogens with zero attached hydrogens (tertiary/aromatic N) is 2. The van der Waals surface area contributed by atoms with Crippen LogP contribution in [0.15, 0.2) is 23.0 Å². The molecule has 1 heterocycles. The van der Waals surface area contributed by atoms with Gasteiger partial charge in [-0.1, -0.05) is 44.5 Å². The van der Waals surface area contributed by atoms with Crippen LogP contribution in [0.4, 0.5) is 0 Å². The van der Waals surface area contributed by atoms with Gasteiger partial charge in [0.25, 0.3) is 5.56 Å². The molecule has 3 heteroatoms. The first kappa shape index (κ1) is 15.0. The van der Waals surface area contributed by atoms with Crippen LogP contribution in [0.25, 0.3) is 11.3 Å². The van der Waals surface area contributed by atoms with Gasteiger partial charge in [0.1, 0.15) is 5.82 Å². The summed E-state index contributed by atoms with van der Waals surface area (Å²) in [6.07, 6.45) is 2.71. The number of fused-ring (bicyclic) bond motifs is 3. The molecule has 0 radical (unpaired) electrons. The van der Waals surface area contributed by atoms with Crippen molar-refractivity contribution in [1.82, 2.24) is 9.55 Å². The standard InChI is InChI=1S/C19H24N2O/c1-6-7-15-20-17-14-9-8-12(2)10-13(14)11-19(3,4)16(17)18(22)21(15)5/h8-10H,6-7,11H2,1-5H3. The van der Waals surface area contributed by atoms with Gasteiger partial charge in [-0.3, -0.25) is 9.36 Å². The predicted octanol–water partition coefficient (Wildman–Crippen LogP) is 3.54. The van der Waals surface area contributed by atoms with Crippen LogP contribution in [-0.4, -0.2) is 9.55 Å². The minimum Gasteiger partial charge on any atom is -0.300 e. The lowest BCUT2D eigenvalue weighted by atomic mass is 9.72. The van der Waals surface area contributed by atoms with E-state index in [1.807, 2.05) is 7.05 Å². The largest absolute Gasteiger partial charge is 0.300 e. The molecule has 2 aromatic rings. The fourth-order valence-corrected chi connectivity index (χ4v) is 3.56. The second-order valence-corrected chi connectivity index (χ2v) is 7.09. The summed E-state index contributed by atoms with van der Waals surface area (Å²) in [7, 11) is 1.85. The van der Waals surface area contributed by atoms with E-state index < -0.39 is 0 Å². The lowest BCUT2D eigenvalue weighted by Crippen LogP contribution is -2.38. The Hall–Kier alpha value is -1.90. The van der Waals surface area contributed by atoms with Crippen molar-refractivity contribution < 1.29 is 0 Å². The van der Waals surface area contributed by atoms with Crippen LogP contribution in [-0.2, 0) is 25.3 Å².